The first-order valence-corrected chi connectivity index (χ1v) is 5.32. The molecule has 0 radical (unpaired) electrons. The van der Waals surface area contributed by atoms with Crippen molar-refractivity contribution in [3.63, 3.8) is 0 Å². The fraction of sp³-hybridized carbons (Fsp3) is 0.818. The highest BCUT2D eigenvalue weighted by molar-refractivity contribution is 4.96. The van der Waals surface area contributed by atoms with E-state index >= 15 is 0 Å². The van der Waals surface area contributed by atoms with Gasteiger partial charge in [-0.3, -0.25) is 0 Å². The summed E-state index contributed by atoms with van der Waals surface area (Å²) >= 11 is 0. The highest BCUT2D eigenvalue weighted by Gasteiger charge is 2.44. The van der Waals surface area contributed by atoms with Gasteiger partial charge in [0.25, 0.3) is 0 Å². The average molecular weight is 183 g/mol. The van der Waals surface area contributed by atoms with Crippen LogP contribution in [0.5, 0.6) is 0 Å². The van der Waals surface area contributed by atoms with Crippen LogP contribution in [0.25, 0.3) is 0 Å². The van der Waals surface area contributed by atoms with Crippen LogP contribution in [0, 0.1) is 5.41 Å². The number of piperidine rings is 1. The molecule has 0 N–H and O–H groups in total. The van der Waals surface area contributed by atoms with Crippen LogP contribution in [-0.4, -0.2) is 24.5 Å². The summed E-state index contributed by atoms with van der Waals surface area (Å²) in [6, 6.07) is 0. The largest absolute Gasteiger partial charge is 0.303 e. The third-order valence-electron chi connectivity index (χ3n) is 3.57. The van der Waals surface area contributed by atoms with Crippen LogP contribution < -0.4 is 0 Å². The van der Waals surface area contributed by atoms with E-state index in [1.54, 1.807) is 6.08 Å². The van der Waals surface area contributed by atoms with Crippen molar-refractivity contribution in [3.8, 4) is 0 Å². The molecule has 1 heterocycles. The summed E-state index contributed by atoms with van der Waals surface area (Å²) in [4.78, 5) is 2.46. The van der Waals surface area contributed by atoms with Crippen LogP contribution in [0.2, 0.25) is 0 Å². The maximum atomic E-state index is 11.7. The fourth-order valence-corrected chi connectivity index (χ4v) is 2.25. The van der Waals surface area contributed by atoms with Crippen LogP contribution >= 0.6 is 0 Å². The summed E-state index contributed by atoms with van der Waals surface area (Å²) in [5.74, 6) is 0. The molecule has 1 spiro atoms. The Labute approximate surface area is 79.6 Å². The van der Waals surface area contributed by atoms with Crippen LogP contribution in [0.4, 0.5) is 4.39 Å². The molecule has 0 aromatic heterocycles. The highest BCUT2D eigenvalue weighted by Crippen LogP contribution is 2.53. The van der Waals surface area contributed by atoms with Crippen LogP contribution in [-0.2, 0) is 0 Å². The van der Waals surface area contributed by atoms with Gasteiger partial charge in [-0.05, 0) is 50.6 Å². The Bertz CT molecular complexity index is 186. The maximum Gasteiger partial charge on any atom is 0.0827 e. The number of rotatable bonds is 3. The van der Waals surface area contributed by atoms with Crippen LogP contribution in [0.15, 0.2) is 12.4 Å². The summed E-state index contributed by atoms with van der Waals surface area (Å²) in [6.07, 6.45) is 8.83. The minimum absolute atomic E-state index is 0.659. The molecule has 1 saturated carbocycles. The number of likely N-dealkylation sites (tertiary alicyclic amines) is 1. The first-order chi connectivity index (χ1) is 6.35. The van der Waals surface area contributed by atoms with Gasteiger partial charge in [0.2, 0.25) is 0 Å². The Balaban J connectivity index is 1.66. The van der Waals surface area contributed by atoms with E-state index in [2.05, 4.69) is 4.90 Å². The number of halogens is 1. The maximum absolute atomic E-state index is 11.7. The molecule has 0 amide bonds. The third-order valence-corrected chi connectivity index (χ3v) is 3.57. The summed E-state index contributed by atoms with van der Waals surface area (Å²) < 4.78 is 11.7. The van der Waals surface area contributed by atoms with E-state index in [4.69, 9.17) is 0 Å². The van der Waals surface area contributed by atoms with E-state index in [-0.39, 0.29) is 0 Å². The highest BCUT2D eigenvalue weighted by atomic mass is 19.1. The van der Waals surface area contributed by atoms with Gasteiger partial charge in [0.05, 0.1) is 6.33 Å². The Morgan fingerprint density at radius 2 is 1.85 bits per heavy atom. The first kappa shape index (κ1) is 9.20. The smallest absolute Gasteiger partial charge is 0.0827 e. The normalized spacial score (nSPS) is 27.2. The van der Waals surface area contributed by atoms with Gasteiger partial charge in [-0.15, -0.1) is 0 Å². The molecule has 0 unspecified atom stereocenters. The zero-order chi connectivity index (χ0) is 9.15. The molecular weight excluding hydrogens is 165 g/mol. The lowest BCUT2D eigenvalue weighted by molar-refractivity contribution is 0.175. The molecule has 1 saturated heterocycles. The van der Waals surface area contributed by atoms with E-state index in [9.17, 15) is 4.39 Å². The zero-order valence-corrected chi connectivity index (χ0v) is 8.14. The number of hydrogen-bond acceptors (Lipinski definition) is 1. The predicted molar refractivity (Wildman–Crippen MR) is 52.2 cm³/mol. The molecule has 0 aromatic carbocycles. The minimum atomic E-state index is 0.659. The molecular formula is C11H18FN. The lowest BCUT2D eigenvalue weighted by Gasteiger charge is -2.31. The summed E-state index contributed by atoms with van der Waals surface area (Å²) in [5.41, 5.74) is 0.770. The molecule has 1 aliphatic carbocycles. The second kappa shape index (κ2) is 3.79. The number of nitrogens with zero attached hydrogens (tertiary/aromatic N) is 1. The van der Waals surface area contributed by atoms with E-state index in [1.807, 2.05) is 0 Å². The molecule has 2 fully saturated rings. The Morgan fingerprint density at radius 1 is 1.15 bits per heavy atom. The van der Waals surface area contributed by atoms with Crippen molar-refractivity contribution in [2.75, 3.05) is 19.6 Å². The molecule has 0 atom stereocenters. The quantitative estimate of drug-likeness (QED) is 0.650. The summed E-state index contributed by atoms with van der Waals surface area (Å²) in [5, 5.41) is 0. The zero-order valence-electron chi connectivity index (χ0n) is 8.14. The van der Waals surface area contributed by atoms with E-state index in [1.165, 1.54) is 38.8 Å². The third kappa shape index (κ3) is 2.31. The molecule has 1 aliphatic heterocycles. The van der Waals surface area contributed by atoms with Crippen molar-refractivity contribution in [3.05, 3.63) is 12.4 Å². The predicted octanol–water partition coefficient (Wildman–Crippen LogP) is 2.74. The van der Waals surface area contributed by atoms with Gasteiger partial charge < -0.3 is 4.90 Å². The Morgan fingerprint density at radius 3 is 2.38 bits per heavy atom. The SMILES string of the molecule is F/C=C/CCN1CCC2(CC1)CC2. The van der Waals surface area contributed by atoms with Crippen molar-refractivity contribution in [1.29, 1.82) is 0 Å². The average Bonchev–Trinajstić information content (AvgIpc) is 2.90. The van der Waals surface area contributed by atoms with Crippen LogP contribution in [0.3, 0.4) is 0 Å². The monoisotopic (exact) mass is 183 g/mol. The molecule has 1 nitrogen and oxygen atoms in total. The topological polar surface area (TPSA) is 3.24 Å². The minimum Gasteiger partial charge on any atom is -0.303 e. The van der Waals surface area contributed by atoms with E-state index < -0.39 is 0 Å². The molecule has 0 aromatic rings. The summed E-state index contributed by atoms with van der Waals surface area (Å²) in [6.45, 7) is 3.51. The van der Waals surface area contributed by atoms with Crippen molar-refractivity contribution in [1.82, 2.24) is 4.90 Å². The van der Waals surface area contributed by atoms with Crippen molar-refractivity contribution < 1.29 is 4.39 Å². The second-order valence-electron chi connectivity index (χ2n) is 4.49. The van der Waals surface area contributed by atoms with Gasteiger partial charge in [0, 0.05) is 6.54 Å². The first-order valence-electron chi connectivity index (χ1n) is 5.32. The van der Waals surface area contributed by atoms with Gasteiger partial charge >= 0.3 is 0 Å². The molecule has 2 aliphatic rings. The second-order valence-corrected chi connectivity index (χ2v) is 4.49. The van der Waals surface area contributed by atoms with Crippen molar-refractivity contribution in [2.24, 2.45) is 5.41 Å². The molecule has 74 valence electrons. The molecule has 0 bridgehead atoms. The van der Waals surface area contributed by atoms with Gasteiger partial charge in [-0.1, -0.05) is 6.08 Å². The van der Waals surface area contributed by atoms with Gasteiger partial charge in [-0.25, -0.2) is 4.39 Å². The molecule has 13 heavy (non-hydrogen) atoms. The molecule has 2 rings (SSSR count). The molecule has 2 heteroatoms. The van der Waals surface area contributed by atoms with Crippen LogP contribution in [0.1, 0.15) is 32.1 Å². The van der Waals surface area contributed by atoms with Gasteiger partial charge in [0.15, 0.2) is 0 Å². The summed E-state index contributed by atoms with van der Waals surface area (Å²) in [7, 11) is 0. The standard InChI is InChI=1S/C11H18FN/c12-7-1-2-8-13-9-5-11(3-4-11)6-10-13/h1,7H,2-6,8-10H2/b7-1+. The lowest BCUT2D eigenvalue weighted by Crippen LogP contribution is -2.34. The Hall–Kier alpha value is -0.370. The Kier molecular flexibility index (Phi) is 2.68. The van der Waals surface area contributed by atoms with Gasteiger partial charge in [-0.2, -0.15) is 0 Å². The number of hydrogen-bond donors (Lipinski definition) is 0. The van der Waals surface area contributed by atoms with E-state index in [0.29, 0.717) is 6.33 Å². The fourth-order valence-electron chi connectivity index (χ4n) is 2.25. The van der Waals surface area contributed by atoms with Crippen molar-refractivity contribution in [2.45, 2.75) is 32.1 Å². The lowest BCUT2D eigenvalue weighted by atomic mass is 9.94. The van der Waals surface area contributed by atoms with Gasteiger partial charge in [0.1, 0.15) is 0 Å². The van der Waals surface area contributed by atoms with Crippen molar-refractivity contribution >= 4 is 0 Å². The van der Waals surface area contributed by atoms with E-state index in [0.717, 1.165) is 18.4 Å².